The molecule has 3 rings (SSSR count). The second-order valence-electron chi connectivity index (χ2n) is 10.4. The monoisotopic (exact) mass is 520 g/mol. The summed E-state index contributed by atoms with van der Waals surface area (Å²) in [6.45, 7) is 5.36. The van der Waals surface area contributed by atoms with Crippen molar-refractivity contribution in [2.75, 3.05) is 21.3 Å². The predicted molar refractivity (Wildman–Crippen MR) is 139 cm³/mol. The third-order valence-corrected chi connectivity index (χ3v) is 8.03. The van der Waals surface area contributed by atoms with Gasteiger partial charge in [-0.2, -0.15) is 0 Å². The van der Waals surface area contributed by atoms with Crippen molar-refractivity contribution in [2.45, 2.75) is 88.9 Å². The molecule has 8 heteroatoms. The third kappa shape index (κ3) is 6.61. The van der Waals surface area contributed by atoms with Crippen LogP contribution in [0.25, 0.3) is 0 Å². The molecule has 208 valence electrons. The molecule has 10 atom stereocenters. The van der Waals surface area contributed by atoms with E-state index < -0.39 is 42.1 Å². The summed E-state index contributed by atoms with van der Waals surface area (Å²) in [5.41, 5.74) is 0.880. The molecule has 1 fully saturated rings. The van der Waals surface area contributed by atoms with Gasteiger partial charge in [0, 0.05) is 33.2 Å². The van der Waals surface area contributed by atoms with Crippen molar-refractivity contribution >= 4 is 5.97 Å². The molecule has 0 saturated carbocycles. The van der Waals surface area contributed by atoms with Crippen LogP contribution in [0, 0.1) is 17.8 Å². The first kappa shape index (κ1) is 29.7. The zero-order valence-electron chi connectivity index (χ0n) is 22.9. The van der Waals surface area contributed by atoms with Crippen molar-refractivity contribution in [3.05, 3.63) is 48.0 Å². The maximum atomic E-state index is 13.5. The lowest BCUT2D eigenvalue weighted by molar-refractivity contribution is -0.360. The fraction of sp³-hybridized carbons (Fsp3) is 0.690. The minimum absolute atomic E-state index is 0.149. The van der Waals surface area contributed by atoms with E-state index in [-0.39, 0.29) is 24.0 Å². The molecule has 0 spiro atoms. The SMILES string of the molecule is CO[C@H]1CCCC[C@@H](c2ccccc2)OC(=O)[C@@H](C)[C@]2(O)O[C@H]([C@@H](C)[C@H](O)[C@H]2OC)[C@@H](C)C=C[C@H]1OC. The first-order valence-electron chi connectivity index (χ1n) is 13.3. The number of aliphatic hydroxyl groups excluding tert-OH is 1. The topological polar surface area (TPSA) is 104 Å². The van der Waals surface area contributed by atoms with Gasteiger partial charge in [-0.05, 0) is 31.7 Å². The highest BCUT2D eigenvalue weighted by Gasteiger charge is 2.58. The van der Waals surface area contributed by atoms with E-state index in [1.54, 1.807) is 21.1 Å². The molecule has 0 unspecified atom stereocenters. The van der Waals surface area contributed by atoms with Crippen molar-refractivity contribution in [1.29, 1.82) is 0 Å². The number of methoxy groups -OCH3 is 3. The average Bonchev–Trinajstić information content (AvgIpc) is 2.90. The molecule has 1 aromatic carbocycles. The van der Waals surface area contributed by atoms with Crippen molar-refractivity contribution in [3.8, 4) is 0 Å². The Balaban J connectivity index is 2.01. The largest absolute Gasteiger partial charge is 0.457 e. The molecule has 2 N–H and O–H groups in total. The zero-order valence-corrected chi connectivity index (χ0v) is 22.9. The van der Waals surface area contributed by atoms with E-state index in [0.717, 1.165) is 24.8 Å². The lowest BCUT2D eigenvalue weighted by atomic mass is 9.78. The van der Waals surface area contributed by atoms with Crippen LogP contribution in [0.3, 0.4) is 0 Å². The fourth-order valence-electron chi connectivity index (χ4n) is 5.56. The van der Waals surface area contributed by atoms with Crippen molar-refractivity contribution in [1.82, 2.24) is 0 Å². The first-order chi connectivity index (χ1) is 17.7. The van der Waals surface area contributed by atoms with Crippen LogP contribution >= 0.6 is 0 Å². The number of aliphatic hydroxyl groups is 2. The number of ether oxygens (including phenoxy) is 5. The minimum atomic E-state index is -2.08. The number of hydrogen-bond acceptors (Lipinski definition) is 8. The van der Waals surface area contributed by atoms with Crippen LogP contribution in [0.5, 0.6) is 0 Å². The van der Waals surface area contributed by atoms with Crippen LogP contribution in [-0.4, -0.2) is 73.8 Å². The van der Waals surface area contributed by atoms with Gasteiger partial charge in [0.1, 0.15) is 24.2 Å². The van der Waals surface area contributed by atoms with Gasteiger partial charge in [-0.1, -0.05) is 62.8 Å². The Labute approximate surface area is 220 Å². The van der Waals surface area contributed by atoms with Gasteiger partial charge in [-0.15, -0.1) is 0 Å². The van der Waals surface area contributed by atoms with Gasteiger partial charge in [0.2, 0.25) is 5.79 Å². The summed E-state index contributed by atoms with van der Waals surface area (Å²) in [6, 6.07) is 9.58. The standard InChI is InChI=1S/C29H44O8/c1-18-16-17-24(34-5)23(33-4)15-11-10-14-22(21-12-8-7-9-13-21)36-28(31)20(3)29(32)27(35-6)25(30)19(2)26(18)37-29/h7-9,12-13,16-20,22-27,30,32H,10-11,14-15H2,1-6H3/t18-,19-,20+,22-,23-,24+,25-,26-,27+,29-/m0/s1. The molecule has 8 nitrogen and oxygen atoms in total. The molecule has 0 aromatic heterocycles. The van der Waals surface area contributed by atoms with Gasteiger partial charge in [0.25, 0.3) is 0 Å². The summed E-state index contributed by atoms with van der Waals surface area (Å²) in [4.78, 5) is 13.5. The van der Waals surface area contributed by atoms with Crippen molar-refractivity contribution < 1.29 is 38.7 Å². The van der Waals surface area contributed by atoms with Crippen LogP contribution in [0.2, 0.25) is 0 Å². The second kappa shape index (κ2) is 13.3. The number of hydrogen-bond donors (Lipinski definition) is 2. The summed E-state index contributed by atoms with van der Waals surface area (Å²) in [5, 5.41) is 22.9. The number of esters is 1. The molecule has 37 heavy (non-hydrogen) atoms. The normalized spacial score (nSPS) is 40.2. The average molecular weight is 521 g/mol. The van der Waals surface area contributed by atoms with E-state index in [9.17, 15) is 15.0 Å². The van der Waals surface area contributed by atoms with E-state index in [4.69, 9.17) is 23.7 Å². The zero-order chi connectivity index (χ0) is 27.2. The van der Waals surface area contributed by atoms with Gasteiger partial charge in [-0.25, -0.2) is 0 Å². The van der Waals surface area contributed by atoms with Crippen LogP contribution in [-0.2, 0) is 28.5 Å². The van der Waals surface area contributed by atoms with E-state index in [0.29, 0.717) is 6.42 Å². The van der Waals surface area contributed by atoms with Crippen LogP contribution < -0.4 is 0 Å². The van der Waals surface area contributed by atoms with Gasteiger partial charge in [0.15, 0.2) is 0 Å². The maximum Gasteiger partial charge on any atom is 0.314 e. The number of fused-ring (bicyclic) bond motifs is 2. The van der Waals surface area contributed by atoms with Crippen LogP contribution in [0.1, 0.15) is 58.1 Å². The second-order valence-corrected chi connectivity index (χ2v) is 10.4. The Hall–Kier alpha value is -1.81. The number of benzene rings is 1. The number of cyclic esters (lactones) is 1. The first-order valence-corrected chi connectivity index (χ1v) is 13.3. The summed E-state index contributed by atoms with van der Waals surface area (Å²) < 4.78 is 29.3. The highest BCUT2D eigenvalue weighted by atomic mass is 16.7. The summed E-state index contributed by atoms with van der Waals surface area (Å²) >= 11 is 0. The third-order valence-electron chi connectivity index (χ3n) is 8.03. The van der Waals surface area contributed by atoms with Crippen LogP contribution in [0.4, 0.5) is 0 Å². The molecule has 1 aromatic rings. The quantitative estimate of drug-likeness (QED) is 0.456. The number of carbonyl (C=O) groups is 1. The van der Waals surface area contributed by atoms with Crippen molar-refractivity contribution in [2.24, 2.45) is 17.8 Å². The minimum Gasteiger partial charge on any atom is -0.457 e. The van der Waals surface area contributed by atoms with Gasteiger partial charge < -0.3 is 33.9 Å². The Morgan fingerprint density at radius 1 is 0.946 bits per heavy atom. The molecule has 0 aliphatic carbocycles. The van der Waals surface area contributed by atoms with Gasteiger partial charge in [0.05, 0.1) is 18.3 Å². The van der Waals surface area contributed by atoms with Gasteiger partial charge in [-0.3, -0.25) is 4.79 Å². The molecular formula is C29H44O8. The predicted octanol–water partition coefficient (Wildman–Crippen LogP) is 3.80. The number of rotatable bonds is 4. The lowest BCUT2D eigenvalue weighted by Crippen LogP contribution is -2.66. The van der Waals surface area contributed by atoms with E-state index >= 15 is 0 Å². The molecule has 2 aliphatic heterocycles. The maximum absolute atomic E-state index is 13.5. The molecular weight excluding hydrogens is 476 g/mol. The molecule has 2 bridgehead atoms. The van der Waals surface area contributed by atoms with Gasteiger partial charge >= 0.3 is 5.97 Å². The lowest BCUT2D eigenvalue weighted by Gasteiger charge is -2.51. The Kier molecular flexibility index (Phi) is 10.7. The van der Waals surface area contributed by atoms with Crippen LogP contribution in [0.15, 0.2) is 42.5 Å². The summed E-state index contributed by atoms with van der Waals surface area (Å²) in [7, 11) is 4.72. The van der Waals surface area contributed by atoms with Crippen molar-refractivity contribution in [3.63, 3.8) is 0 Å². The van der Waals surface area contributed by atoms with E-state index in [1.165, 1.54) is 7.11 Å². The smallest absolute Gasteiger partial charge is 0.314 e. The molecule has 1 saturated heterocycles. The molecule has 0 radical (unpaired) electrons. The summed E-state index contributed by atoms with van der Waals surface area (Å²) in [5.74, 6) is -4.38. The highest BCUT2D eigenvalue weighted by molar-refractivity contribution is 5.73. The number of carbonyl (C=O) groups excluding carboxylic acids is 1. The fourth-order valence-corrected chi connectivity index (χ4v) is 5.56. The molecule has 2 heterocycles. The molecule has 0 amide bonds. The Morgan fingerprint density at radius 2 is 1.62 bits per heavy atom. The molecule has 2 aliphatic rings. The summed E-state index contributed by atoms with van der Waals surface area (Å²) in [6.07, 6.45) is 3.29. The van der Waals surface area contributed by atoms with E-state index in [2.05, 4.69) is 0 Å². The van der Waals surface area contributed by atoms with E-state index in [1.807, 2.05) is 56.3 Å². The highest BCUT2D eigenvalue weighted by Crippen LogP contribution is 2.42. The Morgan fingerprint density at radius 3 is 2.24 bits per heavy atom. The Bertz CT molecular complexity index is 876.